The molecule has 1 aromatic rings. The van der Waals surface area contributed by atoms with Gasteiger partial charge < -0.3 is 21.5 Å². The smallest absolute Gasteiger partial charge is 0.405 e. The highest BCUT2D eigenvalue weighted by atomic mass is 16.4. The lowest BCUT2D eigenvalue weighted by atomic mass is 9.98. The first-order valence-electron chi connectivity index (χ1n) is 4.75. The van der Waals surface area contributed by atoms with Gasteiger partial charge in [-0.05, 0) is 11.6 Å². The van der Waals surface area contributed by atoms with Crippen molar-refractivity contribution >= 4 is 23.4 Å². The number of carbonyl (C=O) groups is 2. The average Bonchev–Trinajstić information content (AvgIpc) is 2.20. The lowest BCUT2D eigenvalue weighted by Gasteiger charge is -2.25. The maximum Gasteiger partial charge on any atom is 0.405 e. The zero-order chi connectivity index (χ0) is 11.7. The predicted molar refractivity (Wildman–Crippen MR) is 58.1 cm³/mol. The number of nitrogens with two attached hydrogens (primary N) is 1. The number of nitrogens with one attached hydrogen (secondary N) is 2. The molecule has 2 rings (SSSR count). The van der Waals surface area contributed by atoms with E-state index in [1.165, 1.54) is 0 Å². The van der Waals surface area contributed by atoms with Crippen LogP contribution in [0.25, 0.3) is 0 Å². The number of nitrogen functional groups attached to an aromatic ring is 1. The summed E-state index contributed by atoms with van der Waals surface area (Å²) in [6.45, 7) is 0. The number of hydrogen-bond donors (Lipinski definition) is 4. The molecule has 1 aliphatic heterocycles. The van der Waals surface area contributed by atoms with Crippen LogP contribution in [-0.4, -0.2) is 23.1 Å². The van der Waals surface area contributed by atoms with E-state index in [1.54, 1.807) is 12.1 Å². The van der Waals surface area contributed by atoms with Crippen LogP contribution in [0.5, 0.6) is 0 Å². The summed E-state index contributed by atoms with van der Waals surface area (Å²) in [6.07, 6.45) is -0.897. The second-order valence-corrected chi connectivity index (χ2v) is 3.58. The lowest BCUT2D eigenvalue weighted by molar-refractivity contribution is -0.118. The highest BCUT2D eigenvalue weighted by molar-refractivity contribution is 6.01. The number of anilines is 2. The summed E-state index contributed by atoms with van der Waals surface area (Å²) in [5, 5.41) is 13.3. The van der Waals surface area contributed by atoms with Crippen molar-refractivity contribution in [1.29, 1.82) is 0 Å². The van der Waals surface area contributed by atoms with Crippen molar-refractivity contribution < 1.29 is 14.7 Å². The summed E-state index contributed by atoms with van der Waals surface area (Å²) in [6, 6.07) is 4.50. The molecule has 1 heterocycles. The van der Waals surface area contributed by atoms with E-state index < -0.39 is 12.1 Å². The van der Waals surface area contributed by atoms with Crippen LogP contribution in [0, 0.1) is 0 Å². The number of carboxylic acid groups (broad SMARTS) is 1. The van der Waals surface area contributed by atoms with Gasteiger partial charge in [0, 0.05) is 6.42 Å². The first-order chi connectivity index (χ1) is 7.58. The molecule has 0 bridgehead atoms. The van der Waals surface area contributed by atoms with Crippen LogP contribution < -0.4 is 16.4 Å². The largest absolute Gasteiger partial charge is 0.465 e. The maximum atomic E-state index is 11.6. The summed E-state index contributed by atoms with van der Waals surface area (Å²) in [7, 11) is 0. The Morgan fingerprint density at radius 3 is 3.00 bits per heavy atom. The van der Waals surface area contributed by atoms with Crippen LogP contribution in [0.15, 0.2) is 18.2 Å². The number of amides is 2. The number of para-hydroxylation sites is 1. The minimum absolute atomic E-state index is 0.318. The highest BCUT2D eigenvalue weighted by Crippen LogP contribution is 2.28. The number of rotatable bonds is 1. The van der Waals surface area contributed by atoms with E-state index in [0.29, 0.717) is 17.8 Å². The molecule has 16 heavy (non-hydrogen) atoms. The third-order valence-electron chi connectivity index (χ3n) is 2.47. The molecule has 84 valence electrons. The third-order valence-corrected chi connectivity index (χ3v) is 2.47. The van der Waals surface area contributed by atoms with Crippen molar-refractivity contribution in [3.8, 4) is 0 Å². The van der Waals surface area contributed by atoms with Gasteiger partial charge in [0.1, 0.15) is 6.04 Å². The monoisotopic (exact) mass is 221 g/mol. The van der Waals surface area contributed by atoms with Crippen LogP contribution in [0.3, 0.4) is 0 Å². The molecule has 1 aromatic carbocycles. The van der Waals surface area contributed by atoms with Crippen LogP contribution in [0.2, 0.25) is 0 Å². The van der Waals surface area contributed by atoms with Crippen LogP contribution in [0.1, 0.15) is 5.56 Å². The minimum Gasteiger partial charge on any atom is -0.465 e. The summed E-state index contributed by atoms with van der Waals surface area (Å²) in [5.74, 6) is -0.382. The molecule has 1 unspecified atom stereocenters. The molecule has 6 heteroatoms. The van der Waals surface area contributed by atoms with Crippen molar-refractivity contribution in [2.24, 2.45) is 0 Å². The zero-order valence-corrected chi connectivity index (χ0v) is 8.36. The fourth-order valence-corrected chi connectivity index (χ4v) is 1.73. The van der Waals surface area contributed by atoms with Gasteiger partial charge in [-0.15, -0.1) is 0 Å². The normalized spacial score (nSPS) is 18.5. The van der Waals surface area contributed by atoms with Crippen LogP contribution in [0.4, 0.5) is 16.2 Å². The first kappa shape index (κ1) is 10.3. The molecule has 0 fully saturated rings. The SMILES string of the molecule is Nc1cccc2c1NC(=O)C(NC(=O)O)C2. The van der Waals surface area contributed by atoms with Crippen molar-refractivity contribution in [3.05, 3.63) is 23.8 Å². The topological polar surface area (TPSA) is 104 Å². The van der Waals surface area contributed by atoms with Gasteiger partial charge >= 0.3 is 6.09 Å². The Kier molecular flexibility index (Phi) is 2.40. The highest BCUT2D eigenvalue weighted by Gasteiger charge is 2.28. The van der Waals surface area contributed by atoms with Crippen molar-refractivity contribution in [2.45, 2.75) is 12.5 Å². The number of carbonyl (C=O) groups excluding carboxylic acids is 1. The molecule has 1 aliphatic rings. The second kappa shape index (κ2) is 3.73. The Morgan fingerprint density at radius 2 is 2.31 bits per heavy atom. The molecule has 0 aliphatic carbocycles. The summed E-state index contributed by atoms with van der Waals surface area (Å²) >= 11 is 0. The Labute approximate surface area is 91.4 Å². The van der Waals surface area contributed by atoms with E-state index >= 15 is 0 Å². The van der Waals surface area contributed by atoms with Gasteiger partial charge in [-0.3, -0.25) is 4.79 Å². The molecule has 0 spiro atoms. The van der Waals surface area contributed by atoms with Crippen molar-refractivity contribution in [1.82, 2.24) is 5.32 Å². The lowest BCUT2D eigenvalue weighted by Crippen LogP contribution is -2.47. The van der Waals surface area contributed by atoms with Gasteiger partial charge in [-0.1, -0.05) is 12.1 Å². The van der Waals surface area contributed by atoms with Crippen molar-refractivity contribution in [3.63, 3.8) is 0 Å². The van der Waals surface area contributed by atoms with Gasteiger partial charge in [0.15, 0.2) is 0 Å². The molecular formula is C10H11N3O3. The molecule has 6 nitrogen and oxygen atoms in total. The first-order valence-corrected chi connectivity index (χ1v) is 4.75. The van der Waals surface area contributed by atoms with E-state index in [4.69, 9.17) is 10.8 Å². The van der Waals surface area contributed by atoms with Crippen molar-refractivity contribution in [2.75, 3.05) is 11.1 Å². The number of hydrogen-bond acceptors (Lipinski definition) is 3. The maximum absolute atomic E-state index is 11.6. The number of benzene rings is 1. The predicted octanol–water partition coefficient (Wildman–Crippen LogP) is 0.400. The average molecular weight is 221 g/mol. The quantitative estimate of drug-likeness (QED) is 0.515. The standard InChI is InChI=1S/C10H11N3O3/c11-6-3-1-2-5-4-7(12-10(15)16)9(14)13-8(5)6/h1-3,7,12H,4,11H2,(H,13,14)(H,15,16). The van der Waals surface area contributed by atoms with E-state index in [9.17, 15) is 9.59 Å². The molecule has 5 N–H and O–H groups in total. The van der Waals surface area contributed by atoms with Gasteiger partial charge in [-0.2, -0.15) is 0 Å². The molecule has 1 atom stereocenters. The van der Waals surface area contributed by atoms with E-state index in [2.05, 4.69) is 10.6 Å². The molecule has 0 radical (unpaired) electrons. The van der Waals surface area contributed by atoms with Gasteiger partial charge in [-0.25, -0.2) is 4.79 Å². The summed E-state index contributed by atoms with van der Waals surface area (Å²) in [5.41, 5.74) is 7.60. The minimum atomic E-state index is -1.22. The number of fused-ring (bicyclic) bond motifs is 1. The van der Waals surface area contributed by atoms with Gasteiger partial charge in [0.2, 0.25) is 5.91 Å². The summed E-state index contributed by atoms with van der Waals surface area (Å²) < 4.78 is 0. The summed E-state index contributed by atoms with van der Waals surface area (Å²) in [4.78, 5) is 22.0. The van der Waals surface area contributed by atoms with Gasteiger partial charge in [0.25, 0.3) is 0 Å². The van der Waals surface area contributed by atoms with Crippen LogP contribution >= 0.6 is 0 Å². The van der Waals surface area contributed by atoms with E-state index in [-0.39, 0.29) is 5.91 Å². The molecular weight excluding hydrogens is 210 g/mol. The fourth-order valence-electron chi connectivity index (χ4n) is 1.73. The molecule has 0 saturated heterocycles. The Bertz CT molecular complexity index is 459. The van der Waals surface area contributed by atoms with Gasteiger partial charge in [0.05, 0.1) is 11.4 Å². The van der Waals surface area contributed by atoms with E-state index in [1.807, 2.05) is 6.07 Å². The zero-order valence-electron chi connectivity index (χ0n) is 8.36. The van der Waals surface area contributed by atoms with E-state index in [0.717, 1.165) is 5.56 Å². The molecule has 2 amide bonds. The molecule has 0 saturated carbocycles. The van der Waals surface area contributed by atoms with Crippen LogP contribution in [-0.2, 0) is 11.2 Å². The third kappa shape index (κ3) is 1.77. The Morgan fingerprint density at radius 1 is 1.56 bits per heavy atom. The fraction of sp³-hybridized carbons (Fsp3) is 0.200. The Balaban J connectivity index is 2.28. The molecule has 0 aromatic heterocycles. The second-order valence-electron chi connectivity index (χ2n) is 3.58. The Hall–Kier alpha value is -2.24.